The Labute approximate surface area is 182 Å². The fourth-order valence-electron chi connectivity index (χ4n) is 4.06. The minimum absolute atomic E-state index is 0.00556. The van der Waals surface area contributed by atoms with E-state index in [1.54, 1.807) is 6.07 Å². The van der Waals surface area contributed by atoms with Crippen molar-refractivity contribution in [2.24, 2.45) is 11.8 Å². The lowest BCUT2D eigenvalue weighted by Crippen LogP contribution is -2.42. The molecule has 1 fully saturated rings. The number of para-hydroxylation sites is 1. The van der Waals surface area contributed by atoms with Gasteiger partial charge in [-0.3, -0.25) is 4.79 Å². The van der Waals surface area contributed by atoms with Crippen molar-refractivity contribution in [1.29, 1.82) is 5.26 Å². The van der Waals surface area contributed by atoms with Crippen molar-refractivity contribution >= 4 is 21.6 Å². The van der Waals surface area contributed by atoms with E-state index in [9.17, 15) is 17.6 Å². The first-order valence-electron chi connectivity index (χ1n) is 10.3. The third kappa shape index (κ3) is 5.12. The van der Waals surface area contributed by atoms with Gasteiger partial charge in [0.05, 0.1) is 23.1 Å². The summed E-state index contributed by atoms with van der Waals surface area (Å²) >= 11 is 0. The highest BCUT2D eigenvalue weighted by atomic mass is 32.2. The van der Waals surface area contributed by atoms with Crippen molar-refractivity contribution in [1.82, 2.24) is 4.31 Å². The molecule has 2 aromatic rings. The van der Waals surface area contributed by atoms with E-state index in [-0.39, 0.29) is 40.9 Å². The molecule has 3 rings (SSSR count). The number of benzene rings is 2. The van der Waals surface area contributed by atoms with Gasteiger partial charge in [-0.1, -0.05) is 32.0 Å². The van der Waals surface area contributed by atoms with Crippen molar-refractivity contribution in [3.63, 3.8) is 0 Å². The van der Waals surface area contributed by atoms with Crippen LogP contribution in [-0.2, 0) is 10.0 Å². The number of piperidine rings is 1. The van der Waals surface area contributed by atoms with Crippen LogP contribution in [0.2, 0.25) is 0 Å². The van der Waals surface area contributed by atoms with Gasteiger partial charge >= 0.3 is 0 Å². The van der Waals surface area contributed by atoms with Crippen LogP contribution in [-0.4, -0.2) is 38.3 Å². The van der Waals surface area contributed by atoms with E-state index in [2.05, 4.69) is 0 Å². The van der Waals surface area contributed by atoms with E-state index < -0.39 is 21.7 Å². The zero-order chi connectivity index (χ0) is 22.6. The average Bonchev–Trinajstić information content (AvgIpc) is 2.74. The summed E-state index contributed by atoms with van der Waals surface area (Å²) in [6.07, 6.45) is 0.989. The monoisotopic (exact) mass is 443 g/mol. The third-order valence-corrected chi connectivity index (χ3v) is 7.22. The first-order chi connectivity index (χ1) is 14.7. The Morgan fingerprint density at radius 1 is 1.16 bits per heavy atom. The molecule has 1 aliphatic heterocycles. The highest BCUT2D eigenvalue weighted by Crippen LogP contribution is 2.28. The molecule has 1 saturated heterocycles. The molecule has 2 aromatic carbocycles. The van der Waals surface area contributed by atoms with Gasteiger partial charge in [-0.2, -0.15) is 9.57 Å². The maximum Gasteiger partial charge on any atom is 0.258 e. The molecule has 1 heterocycles. The molecular formula is C23H26FN3O3S. The number of carbonyl (C=O) groups is 1. The van der Waals surface area contributed by atoms with E-state index in [1.165, 1.54) is 51.7 Å². The van der Waals surface area contributed by atoms with Gasteiger partial charge in [0.1, 0.15) is 5.82 Å². The molecule has 0 unspecified atom stereocenters. The van der Waals surface area contributed by atoms with Crippen LogP contribution < -0.4 is 4.90 Å². The molecule has 0 saturated carbocycles. The van der Waals surface area contributed by atoms with E-state index in [1.807, 2.05) is 19.9 Å². The van der Waals surface area contributed by atoms with Crippen LogP contribution in [0.25, 0.3) is 0 Å². The number of hydrogen-bond acceptors (Lipinski definition) is 4. The van der Waals surface area contributed by atoms with Crippen molar-refractivity contribution in [2.45, 2.75) is 31.6 Å². The predicted octanol–water partition coefficient (Wildman–Crippen LogP) is 4.05. The molecule has 1 amide bonds. The van der Waals surface area contributed by atoms with Crippen molar-refractivity contribution in [3.05, 3.63) is 59.9 Å². The molecule has 2 atom stereocenters. The fourth-order valence-corrected chi connectivity index (χ4v) is 5.79. The van der Waals surface area contributed by atoms with Gasteiger partial charge in [-0.05, 0) is 48.6 Å². The van der Waals surface area contributed by atoms with E-state index >= 15 is 0 Å². The predicted molar refractivity (Wildman–Crippen MR) is 116 cm³/mol. The molecule has 1 aliphatic rings. The number of nitrogens with zero attached hydrogens (tertiary/aromatic N) is 3. The van der Waals surface area contributed by atoms with Gasteiger partial charge in [-0.15, -0.1) is 0 Å². The summed E-state index contributed by atoms with van der Waals surface area (Å²) < 4.78 is 42.3. The minimum atomic E-state index is -3.76. The molecule has 31 heavy (non-hydrogen) atoms. The number of nitriles is 1. The Morgan fingerprint density at radius 3 is 2.48 bits per heavy atom. The van der Waals surface area contributed by atoms with Gasteiger partial charge in [0.15, 0.2) is 0 Å². The van der Waals surface area contributed by atoms with Crippen LogP contribution in [0.1, 0.15) is 37.0 Å². The molecule has 8 heteroatoms. The van der Waals surface area contributed by atoms with E-state index in [0.29, 0.717) is 13.1 Å². The Morgan fingerprint density at radius 2 is 1.84 bits per heavy atom. The van der Waals surface area contributed by atoms with Crippen molar-refractivity contribution in [3.8, 4) is 6.07 Å². The smallest absolute Gasteiger partial charge is 0.258 e. The third-order valence-electron chi connectivity index (χ3n) is 5.39. The molecule has 0 spiro atoms. The normalized spacial score (nSPS) is 19.5. The molecule has 0 N–H and O–H groups in total. The van der Waals surface area contributed by atoms with Crippen LogP contribution in [0.5, 0.6) is 0 Å². The molecule has 0 radical (unpaired) electrons. The lowest BCUT2D eigenvalue weighted by Gasteiger charge is -2.34. The zero-order valence-electron chi connectivity index (χ0n) is 17.7. The van der Waals surface area contributed by atoms with Crippen LogP contribution in [0.4, 0.5) is 10.1 Å². The molecular weight excluding hydrogens is 417 g/mol. The maximum absolute atomic E-state index is 14.3. The van der Waals surface area contributed by atoms with Crippen LogP contribution >= 0.6 is 0 Å². The van der Waals surface area contributed by atoms with Crippen molar-refractivity contribution in [2.75, 3.05) is 24.5 Å². The fraction of sp³-hybridized carbons (Fsp3) is 0.391. The second-order valence-corrected chi connectivity index (χ2v) is 10.1. The number of carbonyl (C=O) groups excluding carboxylic acids is 1. The number of rotatable bonds is 6. The molecule has 6 nitrogen and oxygen atoms in total. The highest BCUT2D eigenvalue weighted by molar-refractivity contribution is 7.89. The molecule has 164 valence electrons. The summed E-state index contributed by atoms with van der Waals surface area (Å²) in [7, 11) is -3.76. The van der Waals surface area contributed by atoms with Crippen LogP contribution in [0.3, 0.4) is 0 Å². The van der Waals surface area contributed by atoms with Gasteiger partial charge in [-0.25, -0.2) is 12.8 Å². The zero-order valence-corrected chi connectivity index (χ0v) is 18.5. The Bertz CT molecular complexity index is 1090. The second kappa shape index (κ2) is 9.58. The van der Waals surface area contributed by atoms with Gasteiger partial charge in [0.2, 0.25) is 10.0 Å². The molecule has 0 bridgehead atoms. The summed E-state index contributed by atoms with van der Waals surface area (Å²) in [5.74, 6) is -0.636. The van der Waals surface area contributed by atoms with Gasteiger partial charge in [0.25, 0.3) is 5.91 Å². The summed E-state index contributed by atoms with van der Waals surface area (Å²) in [5.41, 5.74) is 0.176. The first kappa shape index (κ1) is 22.9. The lowest BCUT2D eigenvalue weighted by atomic mass is 9.94. The Kier molecular flexibility index (Phi) is 7.08. The number of sulfonamides is 1. The summed E-state index contributed by atoms with van der Waals surface area (Å²) in [5, 5.41) is 8.95. The largest absolute Gasteiger partial charge is 0.304 e. The lowest BCUT2D eigenvalue weighted by molar-refractivity contribution is 0.0986. The summed E-state index contributed by atoms with van der Waals surface area (Å²) in [4.78, 5) is 14.4. The average molecular weight is 444 g/mol. The minimum Gasteiger partial charge on any atom is -0.304 e. The maximum atomic E-state index is 14.3. The van der Waals surface area contributed by atoms with E-state index in [4.69, 9.17) is 5.26 Å². The van der Waals surface area contributed by atoms with Crippen molar-refractivity contribution < 1.29 is 17.6 Å². The van der Waals surface area contributed by atoms with E-state index in [0.717, 1.165) is 6.42 Å². The first-order valence-corrected chi connectivity index (χ1v) is 11.7. The number of hydrogen-bond donors (Lipinski definition) is 0. The molecule has 0 aliphatic carbocycles. The van der Waals surface area contributed by atoms with Crippen LogP contribution in [0.15, 0.2) is 53.4 Å². The standard InChI is InChI=1S/C23H26FN3O3S/c1-17-13-18(2)16-26(15-17)31(29,30)20-8-5-7-19(14-20)23(28)27(12-6-11-25)22-10-4-3-9-21(22)24/h3-5,7-10,14,17-18H,6,12-13,15-16H2,1-2H3/t17-,18-/m1/s1. The van der Waals surface area contributed by atoms with Gasteiger partial charge < -0.3 is 4.90 Å². The Hall–Kier alpha value is -2.76. The number of anilines is 1. The van der Waals surface area contributed by atoms with Crippen LogP contribution in [0, 0.1) is 29.0 Å². The molecule has 0 aromatic heterocycles. The summed E-state index contributed by atoms with van der Waals surface area (Å²) in [6, 6.07) is 13.6. The number of amides is 1. The Balaban J connectivity index is 1.94. The summed E-state index contributed by atoms with van der Waals surface area (Å²) in [6.45, 7) is 4.93. The second-order valence-electron chi connectivity index (χ2n) is 8.11. The van der Waals surface area contributed by atoms with Gasteiger partial charge in [0, 0.05) is 25.2 Å². The SMILES string of the molecule is C[C@@H]1C[C@@H](C)CN(S(=O)(=O)c2cccc(C(=O)N(CCC#N)c3ccccc3F)c2)C1. The quantitative estimate of drug-likeness (QED) is 0.674. The highest BCUT2D eigenvalue weighted by Gasteiger charge is 2.32. The topological polar surface area (TPSA) is 81.5 Å². The number of halogens is 1.